The molecule has 4 aromatic rings. The van der Waals surface area contributed by atoms with E-state index in [1.807, 2.05) is 6.92 Å². The van der Waals surface area contributed by atoms with Crippen molar-refractivity contribution in [3.05, 3.63) is 112 Å². The summed E-state index contributed by atoms with van der Waals surface area (Å²) < 4.78 is 56.9. The van der Waals surface area contributed by atoms with Gasteiger partial charge >= 0.3 is 0 Å². The van der Waals surface area contributed by atoms with E-state index in [0.29, 0.717) is 16.9 Å². The quantitative estimate of drug-likeness (QED) is 0.228. The average Bonchev–Trinajstić information content (AvgIpc) is 2.87. The van der Waals surface area contributed by atoms with E-state index in [9.17, 15) is 21.6 Å². The van der Waals surface area contributed by atoms with Crippen LogP contribution in [0.3, 0.4) is 0 Å². The maximum Gasteiger partial charge on any atom is 0.261 e. The molecule has 4 rings (SSSR count). The number of halogens is 1. The van der Waals surface area contributed by atoms with Crippen LogP contribution in [0.4, 0.5) is 17.1 Å². The number of hydrogen-bond donors (Lipinski definition) is 3. The predicted molar refractivity (Wildman–Crippen MR) is 153 cm³/mol. The first-order valence-corrected chi connectivity index (χ1v) is 15.1. The predicted octanol–water partition coefficient (Wildman–Crippen LogP) is 5.92. The Morgan fingerprint density at radius 3 is 1.79 bits per heavy atom. The second-order valence-electron chi connectivity index (χ2n) is 8.49. The van der Waals surface area contributed by atoms with Gasteiger partial charge in [0.05, 0.1) is 15.5 Å². The Morgan fingerprint density at radius 1 is 0.658 bits per heavy atom. The lowest BCUT2D eigenvalue weighted by Crippen LogP contribution is -2.17. The van der Waals surface area contributed by atoms with E-state index in [1.54, 1.807) is 61.5 Å². The van der Waals surface area contributed by atoms with Crippen LogP contribution in [0.1, 0.15) is 21.5 Å². The Kier molecular flexibility index (Phi) is 7.91. The van der Waals surface area contributed by atoms with Crippen LogP contribution in [-0.4, -0.2) is 22.7 Å². The van der Waals surface area contributed by atoms with Crippen molar-refractivity contribution in [2.45, 2.75) is 23.6 Å². The molecule has 0 heterocycles. The molecule has 0 spiro atoms. The zero-order chi connectivity index (χ0) is 27.5. The summed E-state index contributed by atoms with van der Waals surface area (Å²) in [5.41, 5.74) is 2.71. The zero-order valence-electron chi connectivity index (χ0n) is 20.4. The molecule has 196 valence electrons. The number of rotatable bonds is 8. The summed E-state index contributed by atoms with van der Waals surface area (Å²) in [6, 6.07) is 23.6. The first-order chi connectivity index (χ1) is 17.9. The van der Waals surface area contributed by atoms with Gasteiger partial charge < -0.3 is 5.32 Å². The van der Waals surface area contributed by atoms with Crippen molar-refractivity contribution in [1.82, 2.24) is 0 Å². The van der Waals surface area contributed by atoms with E-state index in [-0.39, 0.29) is 21.0 Å². The molecule has 8 nitrogen and oxygen atoms in total. The van der Waals surface area contributed by atoms with Crippen molar-refractivity contribution in [1.29, 1.82) is 0 Å². The molecular formula is C27H24BrN3O5S2. The Bertz CT molecular complexity index is 1690. The summed E-state index contributed by atoms with van der Waals surface area (Å²) in [4.78, 5) is 13.1. The Hall–Kier alpha value is -3.67. The summed E-state index contributed by atoms with van der Waals surface area (Å²) in [5.74, 6) is -0.470. The van der Waals surface area contributed by atoms with Crippen LogP contribution in [0.5, 0.6) is 0 Å². The Labute approximate surface area is 230 Å². The maximum atomic E-state index is 13.0. The number of sulfonamides is 2. The standard InChI is InChI=1S/C27H24BrN3O5S2/c1-18-6-14-23(15-7-18)38(35,36)31-26-5-3-4-25(19(26)2)27(32)29-21-12-16-24(17-13-21)37(33,34)30-22-10-8-20(28)9-11-22/h3-17,30-31H,1-2H3,(H,29,32). The molecule has 0 aliphatic carbocycles. The first kappa shape index (κ1) is 27.4. The van der Waals surface area contributed by atoms with Crippen molar-refractivity contribution in [2.75, 3.05) is 14.8 Å². The van der Waals surface area contributed by atoms with Crippen LogP contribution in [-0.2, 0) is 20.0 Å². The van der Waals surface area contributed by atoms with Crippen LogP contribution in [0.25, 0.3) is 0 Å². The smallest absolute Gasteiger partial charge is 0.261 e. The van der Waals surface area contributed by atoms with E-state index in [0.717, 1.165) is 10.0 Å². The molecule has 38 heavy (non-hydrogen) atoms. The van der Waals surface area contributed by atoms with Gasteiger partial charge in [-0.3, -0.25) is 14.2 Å². The molecule has 0 radical (unpaired) electrons. The fourth-order valence-electron chi connectivity index (χ4n) is 3.56. The molecule has 0 atom stereocenters. The zero-order valence-corrected chi connectivity index (χ0v) is 23.6. The molecule has 0 aliphatic rings. The van der Waals surface area contributed by atoms with E-state index in [2.05, 4.69) is 30.7 Å². The number of carbonyl (C=O) groups excluding carboxylic acids is 1. The summed E-state index contributed by atoms with van der Waals surface area (Å²) in [7, 11) is -7.67. The normalized spacial score (nSPS) is 11.6. The maximum absolute atomic E-state index is 13.0. The van der Waals surface area contributed by atoms with E-state index in [4.69, 9.17) is 0 Å². The third kappa shape index (κ3) is 6.42. The second-order valence-corrected chi connectivity index (χ2v) is 12.8. The summed E-state index contributed by atoms with van der Waals surface area (Å²) in [5, 5.41) is 2.72. The summed E-state index contributed by atoms with van der Waals surface area (Å²) in [6.45, 7) is 3.51. The summed E-state index contributed by atoms with van der Waals surface area (Å²) >= 11 is 3.31. The van der Waals surface area contributed by atoms with Gasteiger partial charge in [-0.1, -0.05) is 39.7 Å². The number of aryl methyl sites for hydroxylation is 1. The van der Waals surface area contributed by atoms with Crippen LogP contribution in [0.2, 0.25) is 0 Å². The molecule has 0 saturated heterocycles. The lowest BCUT2D eigenvalue weighted by atomic mass is 10.1. The molecule has 0 unspecified atom stereocenters. The highest BCUT2D eigenvalue weighted by Crippen LogP contribution is 2.25. The number of hydrogen-bond acceptors (Lipinski definition) is 5. The molecule has 0 aromatic heterocycles. The van der Waals surface area contributed by atoms with Gasteiger partial charge in [-0.25, -0.2) is 16.8 Å². The molecular weight excluding hydrogens is 590 g/mol. The van der Waals surface area contributed by atoms with E-state index in [1.165, 1.54) is 36.4 Å². The SMILES string of the molecule is Cc1ccc(S(=O)(=O)Nc2cccc(C(=O)Nc3ccc(S(=O)(=O)Nc4ccc(Br)cc4)cc3)c2C)cc1. The number of carbonyl (C=O) groups is 1. The highest BCUT2D eigenvalue weighted by molar-refractivity contribution is 9.10. The fourth-order valence-corrected chi connectivity index (χ4v) is 6.01. The van der Waals surface area contributed by atoms with Gasteiger partial charge in [-0.15, -0.1) is 0 Å². The lowest BCUT2D eigenvalue weighted by Gasteiger charge is -2.14. The largest absolute Gasteiger partial charge is 0.322 e. The minimum absolute atomic E-state index is 0.0297. The molecule has 11 heteroatoms. The number of anilines is 3. The first-order valence-electron chi connectivity index (χ1n) is 11.3. The van der Waals surface area contributed by atoms with Crippen molar-refractivity contribution in [3.63, 3.8) is 0 Å². The third-order valence-electron chi connectivity index (χ3n) is 5.67. The Morgan fingerprint density at radius 2 is 1.18 bits per heavy atom. The molecule has 1 amide bonds. The molecule has 4 aromatic carbocycles. The lowest BCUT2D eigenvalue weighted by molar-refractivity contribution is 0.102. The van der Waals surface area contributed by atoms with Crippen LogP contribution in [0, 0.1) is 13.8 Å². The number of nitrogens with one attached hydrogen (secondary N) is 3. The third-order valence-corrected chi connectivity index (χ3v) is 8.98. The van der Waals surface area contributed by atoms with Crippen LogP contribution >= 0.6 is 15.9 Å². The monoisotopic (exact) mass is 613 g/mol. The van der Waals surface area contributed by atoms with Gasteiger partial charge in [-0.05, 0) is 92.2 Å². The van der Waals surface area contributed by atoms with Crippen molar-refractivity contribution < 1.29 is 21.6 Å². The van der Waals surface area contributed by atoms with Crippen molar-refractivity contribution in [3.8, 4) is 0 Å². The van der Waals surface area contributed by atoms with Crippen molar-refractivity contribution >= 4 is 58.9 Å². The fraction of sp³-hybridized carbons (Fsp3) is 0.0741. The average molecular weight is 615 g/mol. The van der Waals surface area contributed by atoms with Gasteiger partial charge in [0.2, 0.25) is 0 Å². The second kappa shape index (κ2) is 11.0. The molecule has 0 fully saturated rings. The molecule has 0 aliphatic heterocycles. The van der Waals surface area contributed by atoms with Gasteiger partial charge in [0.15, 0.2) is 0 Å². The van der Waals surface area contributed by atoms with Gasteiger partial charge in [0, 0.05) is 21.4 Å². The van der Waals surface area contributed by atoms with Gasteiger partial charge in [0.1, 0.15) is 0 Å². The van der Waals surface area contributed by atoms with Gasteiger partial charge in [-0.2, -0.15) is 0 Å². The van der Waals surface area contributed by atoms with Crippen molar-refractivity contribution in [2.24, 2.45) is 0 Å². The van der Waals surface area contributed by atoms with Crippen LogP contribution < -0.4 is 14.8 Å². The number of amides is 1. The van der Waals surface area contributed by atoms with E-state index < -0.39 is 26.0 Å². The Balaban J connectivity index is 1.48. The summed E-state index contributed by atoms with van der Waals surface area (Å²) in [6.07, 6.45) is 0. The van der Waals surface area contributed by atoms with Crippen LogP contribution in [0.15, 0.2) is 105 Å². The van der Waals surface area contributed by atoms with E-state index >= 15 is 0 Å². The minimum Gasteiger partial charge on any atom is -0.322 e. The molecule has 3 N–H and O–H groups in total. The molecule has 0 bridgehead atoms. The highest BCUT2D eigenvalue weighted by atomic mass is 79.9. The highest BCUT2D eigenvalue weighted by Gasteiger charge is 2.19. The minimum atomic E-state index is -3.84. The van der Waals surface area contributed by atoms with Gasteiger partial charge in [0.25, 0.3) is 26.0 Å². The number of benzene rings is 4. The topological polar surface area (TPSA) is 121 Å². The molecule has 0 saturated carbocycles.